The van der Waals surface area contributed by atoms with Crippen molar-refractivity contribution in [2.24, 2.45) is 5.10 Å². The van der Waals surface area contributed by atoms with Gasteiger partial charge in [0.2, 0.25) is 5.75 Å². The maximum Gasteiger partial charge on any atom is 0.313 e. The number of nitrogens with one attached hydrogen (secondary N) is 1. The van der Waals surface area contributed by atoms with Gasteiger partial charge in [0, 0.05) is 32.9 Å². The summed E-state index contributed by atoms with van der Waals surface area (Å²) in [6.07, 6.45) is 1.22. The number of anilines is 1. The molecule has 0 fully saturated rings. The third-order valence-corrected chi connectivity index (χ3v) is 7.79. The first kappa shape index (κ1) is 34.1. The molecule has 0 atom stereocenters. The molecule has 0 aliphatic heterocycles. The van der Waals surface area contributed by atoms with Gasteiger partial charge in [0.1, 0.15) is 5.75 Å². The molecule has 5 aromatic rings. The molecule has 1 heterocycles. The van der Waals surface area contributed by atoms with E-state index < -0.39 is 28.7 Å². The molecular formula is C35H31Cl2N5O6. The van der Waals surface area contributed by atoms with Gasteiger partial charge in [-0.25, -0.2) is 4.98 Å². The van der Waals surface area contributed by atoms with E-state index in [1.165, 1.54) is 12.3 Å². The molecule has 246 valence electrons. The van der Waals surface area contributed by atoms with Crippen molar-refractivity contribution < 1.29 is 19.2 Å². The first-order valence-electron chi connectivity index (χ1n) is 15.0. The highest BCUT2D eigenvalue weighted by Crippen LogP contribution is 2.36. The molecule has 0 unspecified atom stereocenters. The summed E-state index contributed by atoms with van der Waals surface area (Å²) >= 11 is 12.2. The summed E-state index contributed by atoms with van der Waals surface area (Å²) in [7, 11) is 0. The number of ether oxygens (including phenoxy) is 2. The predicted molar refractivity (Wildman–Crippen MR) is 188 cm³/mol. The maximum atomic E-state index is 13.9. The first-order valence-corrected chi connectivity index (χ1v) is 15.7. The minimum absolute atomic E-state index is 0.0225. The van der Waals surface area contributed by atoms with Crippen molar-refractivity contribution in [2.75, 3.05) is 18.5 Å². The molecule has 0 spiro atoms. The third-order valence-electron chi connectivity index (χ3n) is 7.32. The third kappa shape index (κ3) is 7.48. The van der Waals surface area contributed by atoms with E-state index in [0.717, 1.165) is 27.6 Å². The quantitative estimate of drug-likeness (QED) is 0.0843. The number of para-hydroxylation sites is 1. The molecule has 5 rings (SSSR count). The highest BCUT2D eigenvalue weighted by Gasteiger charge is 2.23. The van der Waals surface area contributed by atoms with Crippen molar-refractivity contribution in [2.45, 2.75) is 33.6 Å². The second-order valence-corrected chi connectivity index (χ2v) is 11.9. The number of carbonyl (C=O) groups is 1. The summed E-state index contributed by atoms with van der Waals surface area (Å²) in [4.78, 5) is 42.8. The molecule has 48 heavy (non-hydrogen) atoms. The van der Waals surface area contributed by atoms with Crippen molar-refractivity contribution in [1.82, 2.24) is 9.66 Å². The molecule has 0 saturated carbocycles. The molecule has 1 aromatic heterocycles. The molecule has 1 N–H and O–H groups in total. The van der Waals surface area contributed by atoms with E-state index in [-0.39, 0.29) is 28.1 Å². The van der Waals surface area contributed by atoms with Gasteiger partial charge < -0.3 is 14.8 Å². The average Bonchev–Trinajstić information content (AvgIpc) is 3.04. The van der Waals surface area contributed by atoms with Crippen LogP contribution in [-0.2, 0) is 4.79 Å². The Kier molecular flexibility index (Phi) is 10.4. The molecule has 0 saturated heterocycles. The molecule has 0 bridgehead atoms. The minimum Gasteiger partial charge on any atom is -0.494 e. The lowest BCUT2D eigenvalue weighted by Gasteiger charge is -2.18. The number of rotatable bonds is 11. The Balaban J connectivity index is 1.61. The summed E-state index contributed by atoms with van der Waals surface area (Å²) < 4.78 is 12.7. The summed E-state index contributed by atoms with van der Waals surface area (Å²) in [6.45, 7) is 7.80. The second kappa shape index (κ2) is 14.7. The lowest BCUT2D eigenvalue weighted by atomic mass is 9.96. The minimum atomic E-state index is -0.679. The van der Waals surface area contributed by atoms with Gasteiger partial charge in [0.25, 0.3) is 11.5 Å². The smallest absolute Gasteiger partial charge is 0.313 e. The van der Waals surface area contributed by atoms with E-state index >= 15 is 0 Å². The van der Waals surface area contributed by atoms with E-state index in [1.54, 1.807) is 48.5 Å². The van der Waals surface area contributed by atoms with E-state index in [9.17, 15) is 19.7 Å². The number of carbonyl (C=O) groups excluding carboxylic acids is 1. The van der Waals surface area contributed by atoms with Crippen molar-refractivity contribution in [3.8, 4) is 22.9 Å². The lowest BCUT2D eigenvalue weighted by Crippen LogP contribution is -2.21. The number of nitrogens with zero attached hydrogens (tertiary/aromatic N) is 4. The zero-order chi connectivity index (χ0) is 34.5. The summed E-state index contributed by atoms with van der Waals surface area (Å²) in [5, 5.41) is 20.0. The van der Waals surface area contributed by atoms with Crippen molar-refractivity contribution in [3.63, 3.8) is 0 Å². The number of nitro groups is 1. The molecule has 1 amide bonds. The number of fused-ring (bicyclic) bond motifs is 1. The van der Waals surface area contributed by atoms with E-state index in [2.05, 4.69) is 10.4 Å². The van der Waals surface area contributed by atoms with Crippen LogP contribution in [0.4, 0.5) is 11.4 Å². The van der Waals surface area contributed by atoms with Crippen LogP contribution in [0.25, 0.3) is 22.3 Å². The van der Waals surface area contributed by atoms with Gasteiger partial charge >= 0.3 is 5.69 Å². The average molecular weight is 689 g/mol. The molecule has 0 aliphatic rings. The zero-order valence-electron chi connectivity index (χ0n) is 26.5. The molecule has 11 nitrogen and oxygen atoms in total. The van der Waals surface area contributed by atoms with Gasteiger partial charge in [-0.1, -0.05) is 49.2 Å². The largest absolute Gasteiger partial charge is 0.494 e. The number of halogens is 2. The van der Waals surface area contributed by atoms with Crippen molar-refractivity contribution in [3.05, 3.63) is 120 Å². The number of aryl methyl sites for hydroxylation is 1. The Labute approximate surface area is 285 Å². The molecular weight excluding hydrogens is 657 g/mol. The Morgan fingerprint density at radius 2 is 1.79 bits per heavy atom. The summed E-state index contributed by atoms with van der Waals surface area (Å²) in [6, 6.07) is 19.6. The van der Waals surface area contributed by atoms with Crippen LogP contribution in [-0.4, -0.2) is 39.9 Å². The van der Waals surface area contributed by atoms with Gasteiger partial charge in [0.05, 0.1) is 28.6 Å². The number of aromatic nitrogens is 2. The number of amides is 1. The Hall–Kier alpha value is -5.26. The number of hydrogen-bond donors (Lipinski definition) is 1. The van der Waals surface area contributed by atoms with E-state index in [4.69, 9.17) is 37.7 Å². The molecule has 13 heteroatoms. The zero-order valence-corrected chi connectivity index (χ0v) is 28.0. The van der Waals surface area contributed by atoms with Gasteiger partial charge in [-0.15, -0.1) is 0 Å². The van der Waals surface area contributed by atoms with Crippen LogP contribution in [0.15, 0.2) is 82.7 Å². The van der Waals surface area contributed by atoms with Crippen LogP contribution in [0, 0.1) is 17.0 Å². The van der Waals surface area contributed by atoms with Gasteiger partial charge in [-0.2, -0.15) is 9.78 Å². The maximum absolute atomic E-state index is 13.9. The van der Waals surface area contributed by atoms with Crippen LogP contribution in [0.3, 0.4) is 0 Å². The van der Waals surface area contributed by atoms with Crippen molar-refractivity contribution >= 4 is 57.6 Å². The van der Waals surface area contributed by atoms with Crippen LogP contribution in [0.1, 0.15) is 43.4 Å². The summed E-state index contributed by atoms with van der Waals surface area (Å²) in [5.41, 5.74) is 2.40. The van der Waals surface area contributed by atoms with Gasteiger partial charge in [-0.05, 0) is 85.5 Å². The Bertz CT molecular complexity index is 2110. The van der Waals surface area contributed by atoms with Gasteiger partial charge in [-0.3, -0.25) is 19.7 Å². The Morgan fingerprint density at radius 1 is 1.06 bits per heavy atom. The normalized spacial score (nSPS) is 11.3. The predicted octanol–water partition coefficient (Wildman–Crippen LogP) is 8.01. The second-order valence-electron chi connectivity index (χ2n) is 11.1. The topological polar surface area (TPSA) is 138 Å². The Morgan fingerprint density at radius 3 is 2.48 bits per heavy atom. The van der Waals surface area contributed by atoms with Crippen LogP contribution in [0.2, 0.25) is 10.0 Å². The van der Waals surface area contributed by atoms with Crippen LogP contribution >= 0.6 is 23.2 Å². The number of nitro benzene ring substituents is 1. The van der Waals surface area contributed by atoms with Crippen LogP contribution in [0.5, 0.6) is 11.5 Å². The number of hydrogen-bond acceptors (Lipinski definition) is 8. The monoisotopic (exact) mass is 687 g/mol. The highest BCUT2D eigenvalue weighted by atomic mass is 35.5. The van der Waals surface area contributed by atoms with Gasteiger partial charge in [0.15, 0.2) is 12.4 Å². The van der Waals surface area contributed by atoms with Crippen LogP contribution < -0.4 is 20.3 Å². The van der Waals surface area contributed by atoms with Crippen molar-refractivity contribution in [1.29, 1.82) is 0 Å². The fraction of sp³-hybridized carbons (Fsp3) is 0.200. The first-order chi connectivity index (χ1) is 23.0. The fourth-order valence-electron chi connectivity index (χ4n) is 5.05. The van der Waals surface area contributed by atoms with E-state index in [0.29, 0.717) is 33.8 Å². The molecule has 0 aliphatic carbocycles. The summed E-state index contributed by atoms with van der Waals surface area (Å²) in [5.74, 6) is 0.244. The standard InChI is InChI=1S/C35H31Cl2N5O6/c1-5-47-31-14-21(4)28(17-27(31)20(2)3)34-40-29-9-7-6-8-26(29)35(44)41(34)38-18-22-15-24(37)16-30(42(45)46)33(22)48-19-32(43)39-25-12-10-23(36)11-13-25/h6-18,20H,5,19H2,1-4H3,(H,39,43). The number of benzene rings is 4. The SMILES string of the molecule is CCOc1cc(C)c(-c2nc3ccccc3c(=O)n2N=Cc2cc(Cl)cc([N+](=O)[O-])c2OCC(=O)Nc2ccc(Cl)cc2)cc1C(C)C. The fourth-order valence-corrected chi connectivity index (χ4v) is 5.40. The highest BCUT2D eigenvalue weighted by molar-refractivity contribution is 6.31. The molecule has 4 aromatic carbocycles. The lowest BCUT2D eigenvalue weighted by molar-refractivity contribution is -0.385. The molecule has 0 radical (unpaired) electrons. The van der Waals surface area contributed by atoms with E-state index in [1.807, 2.05) is 39.8 Å².